The summed E-state index contributed by atoms with van der Waals surface area (Å²) >= 11 is 11.8. The van der Waals surface area contributed by atoms with Gasteiger partial charge in [-0.25, -0.2) is 4.98 Å². The van der Waals surface area contributed by atoms with Crippen molar-refractivity contribution in [1.29, 1.82) is 0 Å². The molecule has 0 saturated heterocycles. The van der Waals surface area contributed by atoms with Crippen molar-refractivity contribution in [3.8, 4) is 0 Å². The summed E-state index contributed by atoms with van der Waals surface area (Å²) in [6.45, 7) is 3.31. The molecule has 1 aromatic heterocycles. The van der Waals surface area contributed by atoms with E-state index in [1.807, 2.05) is 11.8 Å². The lowest BCUT2D eigenvalue weighted by Crippen LogP contribution is -2.28. The topological polar surface area (TPSA) is 62.4 Å². The van der Waals surface area contributed by atoms with E-state index >= 15 is 0 Å². The van der Waals surface area contributed by atoms with Gasteiger partial charge in [0.25, 0.3) is 0 Å². The molecule has 0 amide bonds. The predicted molar refractivity (Wildman–Crippen MR) is 68.3 cm³/mol. The molecule has 1 aromatic rings. The lowest BCUT2D eigenvalue weighted by atomic mass is 10.3. The maximum absolute atomic E-state index is 8.97. The van der Waals surface area contributed by atoms with Gasteiger partial charge in [-0.15, -0.1) is 0 Å². The van der Waals surface area contributed by atoms with Crippen LogP contribution in [0.1, 0.15) is 13.3 Å². The van der Waals surface area contributed by atoms with Crippen LogP contribution in [0.25, 0.3) is 0 Å². The van der Waals surface area contributed by atoms with Crippen LogP contribution in [0.5, 0.6) is 0 Å². The van der Waals surface area contributed by atoms with Crippen LogP contribution in [0.4, 0.5) is 11.6 Å². The molecule has 0 aromatic carbocycles. The molecule has 0 atom stereocenters. The zero-order chi connectivity index (χ0) is 12.1. The first-order valence-electron chi connectivity index (χ1n) is 5.07. The first kappa shape index (κ1) is 13.4. The van der Waals surface area contributed by atoms with Gasteiger partial charge in [-0.05, 0) is 12.5 Å². The highest BCUT2D eigenvalue weighted by Gasteiger charge is 2.13. The van der Waals surface area contributed by atoms with E-state index in [4.69, 9.17) is 34.0 Å². The van der Waals surface area contributed by atoms with Gasteiger partial charge in [-0.2, -0.15) is 0 Å². The van der Waals surface area contributed by atoms with Gasteiger partial charge in [0, 0.05) is 13.1 Å². The van der Waals surface area contributed by atoms with Crippen LogP contribution in [0, 0.1) is 0 Å². The van der Waals surface area contributed by atoms with Crippen LogP contribution < -0.4 is 10.6 Å². The first-order valence-corrected chi connectivity index (χ1v) is 5.83. The quantitative estimate of drug-likeness (QED) is 0.855. The van der Waals surface area contributed by atoms with Crippen molar-refractivity contribution in [1.82, 2.24) is 4.98 Å². The van der Waals surface area contributed by atoms with Gasteiger partial charge < -0.3 is 15.7 Å². The second-order valence-corrected chi connectivity index (χ2v) is 4.19. The molecule has 0 bridgehead atoms. The molecule has 1 rings (SSSR count). The summed E-state index contributed by atoms with van der Waals surface area (Å²) in [6.07, 6.45) is 0.931. The molecule has 0 aliphatic carbocycles. The molecule has 3 N–H and O–H groups in total. The van der Waals surface area contributed by atoms with Crippen LogP contribution in [0.2, 0.25) is 10.0 Å². The van der Waals surface area contributed by atoms with Crippen LogP contribution in [0.3, 0.4) is 0 Å². The van der Waals surface area contributed by atoms with Gasteiger partial charge in [0.15, 0.2) is 0 Å². The Kier molecular flexibility index (Phi) is 5.12. The number of rotatable bonds is 5. The molecular formula is C10H15Cl2N3O. The van der Waals surface area contributed by atoms with E-state index in [0.717, 1.165) is 13.0 Å². The van der Waals surface area contributed by atoms with E-state index in [2.05, 4.69) is 4.98 Å². The number of halogens is 2. The summed E-state index contributed by atoms with van der Waals surface area (Å²) in [5.41, 5.74) is 5.63. The molecule has 0 fully saturated rings. The van der Waals surface area contributed by atoms with Gasteiger partial charge in [-0.1, -0.05) is 30.1 Å². The second kappa shape index (κ2) is 6.13. The number of aliphatic hydroxyl groups is 1. The average Bonchev–Trinajstić information content (AvgIpc) is 2.23. The fourth-order valence-electron chi connectivity index (χ4n) is 1.41. The Labute approximate surface area is 105 Å². The number of nitrogens with zero attached hydrogens (tertiary/aromatic N) is 2. The molecule has 6 heteroatoms. The van der Waals surface area contributed by atoms with E-state index in [-0.39, 0.29) is 12.4 Å². The maximum atomic E-state index is 8.97. The SMILES string of the molecule is CCCN(CCO)c1nc(N)c(Cl)cc1Cl. The minimum absolute atomic E-state index is 0.0422. The Morgan fingerprint density at radius 2 is 2.06 bits per heavy atom. The number of anilines is 2. The van der Waals surface area contributed by atoms with Gasteiger partial charge in [0.1, 0.15) is 11.6 Å². The fraction of sp³-hybridized carbons (Fsp3) is 0.500. The Bertz CT molecular complexity index is 354. The number of hydrogen-bond acceptors (Lipinski definition) is 4. The van der Waals surface area contributed by atoms with Gasteiger partial charge in [-0.3, -0.25) is 0 Å². The van der Waals surface area contributed by atoms with Crippen LogP contribution in [-0.4, -0.2) is 29.8 Å². The van der Waals surface area contributed by atoms with Crippen molar-refractivity contribution in [3.63, 3.8) is 0 Å². The smallest absolute Gasteiger partial charge is 0.150 e. The summed E-state index contributed by atoms with van der Waals surface area (Å²) < 4.78 is 0. The van der Waals surface area contributed by atoms with Crippen LogP contribution >= 0.6 is 23.2 Å². The standard InChI is InChI=1S/C10H15Cl2N3O/c1-2-3-15(4-5-16)10-8(12)6-7(11)9(13)14-10/h6,16H,2-5H2,1H3,(H2,13,14). The Balaban J connectivity index is 3.03. The molecule has 0 spiro atoms. The molecule has 0 aliphatic heterocycles. The first-order chi connectivity index (χ1) is 7.60. The van der Waals surface area contributed by atoms with Crippen LogP contribution in [-0.2, 0) is 0 Å². The third-order valence-electron chi connectivity index (χ3n) is 2.10. The molecule has 0 radical (unpaired) electrons. The Hall–Kier alpha value is -0.710. The zero-order valence-corrected chi connectivity index (χ0v) is 10.6. The van der Waals surface area contributed by atoms with Gasteiger partial charge >= 0.3 is 0 Å². The number of pyridine rings is 1. The fourth-order valence-corrected chi connectivity index (χ4v) is 1.88. The van der Waals surface area contributed by atoms with E-state index in [1.54, 1.807) is 6.07 Å². The highest BCUT2D eigenvalue weighted by Crippen LogP contribution is 2.29. The lowest BCUT2D eigenvalue weighted by Gasteiger charge is -2.23. The minimum atomic E-state index is 0.0422. The molecular weight excluding hydrogens is 249 g/mol. The number of nitrogen functional groups attached to an aromatic ring is 1. The van der Waals surface area contributed by atoms with E-state index in [1.165, 1.54) is 0 Å². The maximum Gasteiger partial charge on any atom is 0.150 e. The van der Waals surface area contributed by atoms with Crippen molar-refractivity contribution >= 4 is 34.8 Å². The molecule has 0 aliphatic rings. The Morgan fingerprint density at radius 1 is 1.38 bits per heavy atom. The van der Waals surface area contributed by atoms with Crippen molar-refractivity contribution in [3.05, 3.63) is 16.1 Å². The molecule has 4 nitrogen and oxygen atoms in total. The van der Waals surface area contributed by atoms with Crippen molar-refractivity contribution in [2.24, 2.45) is 0 Å². The second-order valence-electron chi connectivity index (χ2n) is 3.37. The third kappa shape index (κ3) is 3.14. The lowest BCUT2D eigenvalue weighted by molar-refractivity contribution is 0.301. The average molecular weight is 264 g/mol. The normalized spacial score (nSPS) is 10.5. The summed E-state index contributed by atoms with van der Waals surface area (Å²) in [5.74, 6) is 0.819. The molecule has 1 heterocycles. The van der Waals surface area contributed by atoms with E-state index < -0.39 is 0 Å². The summed E-state index contributed by atoms with van der Waals surface area (Å²) in [5, 5.41) is 9.76. The minimum Gasteiger partial charge on any atom is -0.395 e. The number of aromatic nitrogens is 1. The van der Waals surface area contributed by atoms with Crippen LogP contribution in [0.15, 0.2) is 6.07 Å². The molecule has 16 heavy (non-hydrogen) atoms. The monoisotopic (exact) mass is 263 g/mol. The van der Waals surface area contributed by atoms with E-state index in [9.17, 15) is 0 Å². The van der Waals surface area contributed by atoms with Crippen molar-refractivity contribution in [2.75, 3.05) is 30.3 Å². The van der Waals surface area contributed by atoms with Gasteiger partial charge in [0.05, 0.1) is 16.7 Å². The van der Waals surface area contributed by atoms with E-state index in [0.29, 0.717) is 22.4 Å². The summed E-state index contributed by atoms with van der Waals surface area (Å²) in [7, 11) is 0. The zero-order valence-electron chi connectivity index (χ0n) is 9.08. The molecule has 0 saturated carbocycles. The highest BCUT2D eigenvalue weighted by atomic mass is 35.5. The third-order valence-corrected chi connectivity index (χ3v) is 2.68. The van der Waals surface area contributed by atoms with Gasteiger partial charge in [0.2, 0.25) is 0 Å². The number of hydrogen-bond donors (Lipinski definition) is 2. The number of aliphatic hydroxyl groups excluding tert-OH is 1. The van der Waals surface area contributed by atoms with Crippen molar-refractivity contribution in [2.45, 2.75) is 13.3 Å². The molecule has 0 unspecified atom stereocenters. The largest absolute Gasteiger partial charge is 0.395 e. The summed E-state index contributed by atoms with van der Waals surface area (Å²) in [4.78, 5) is 6.02. The predicted octanol–water partition coefficient (Wildman–Crippen LogP) is 2.18. The summed E-state index contributed by atoms with van der Waals surface area (Å²) in [6, 6.07) is 1.57. The molecule has 90 valence electrons. The van der Waals surface area contributed by atoms with Crippen molar-refractivity contribution < 1.29 is 5.11 Å². The Morgan fingerprint density at radius 3 is 2.62 bits per heavy atom. The highest BCUT2D eigenvalue weighted by molar-refractivity contribution is 6.37. The number of nitrogens with two attached hydrogens (primary N) is 1.